The second kappa shape index (κ2) is 11.0. The van der Waals surface area contributed by atoms with Gasteiger partial charge in [0.05, 0.1) is 11.5 Å². The van der Waals surface area contributed by atoms with E-state index in [2.05, 4.69) is 65.8 Å². The van der Waals surface area contributed by atoms with E-state index in [1.165, 1.54) is 17.3 Å². The predicted octanol–water partition coefficient (Wildman–Crippen LogP) is 5.88. The molecule has 0 atom stereocenters. The quantitative estimate of drug-likeness (QED) is 0.183. The van der Waals surface area contributed by atoms with E-state index in [0.29, 0.717) is 22.3 Å². The highest BCUT2D eigenvalue weighted by Gasteiger charge is 2.19. The summed E-state index contributed by atoms with van der Waals surface area (Å²) in [6.07, 6.45) is 0. The zero-order chi connectivity index (χ0) is 26.6. The number of nitrogens with zero attached hydrogens (tertiary/aromatic N) is 4. The van der Waals surface area contributed by atoms with Crippen molar-refractivity contribution >= 4 is 23.4 Å². The minimum Gasteiger partial charge on any atom is -0.507 e. The molecule has 0 fully saturated rings. The third-order valence-electron chi connectivity index (χ3n) is 5.91. The number of aryl methyl sites for hydroxylation is 1. The molecule has 0 aliphatic rings. The zero-order valence-electron chi connectivity index (χ0n) is 21.7. The molecule has 4 aromatic rings. The van der Waals surface area contributed by atoms with Crippen LogP contribution in [0.15, 0.2) is 83.1 Å². The first kappa shape index (κ1) is 26.2. The Morgan fingerprint density at radius 3 is 2.32 bits per heavy atom. The molecule has 37 heavy (non-hydrogen) atoms. The predicted molar refractivity (Wildman–Crippen MR) is 149 cm³/mol. The van der Waals surface area contributed by atoms with Crippen LogP contribution in [-0.2, 0) is 10.2 Å². The molecule has 3 aromatic carbocycles. The van der Waals surface area contributed by atoms with E-state index in [1.54, 1.807) is 31.2 Å². The number of rotatable bonds is 7. The Morgan fingerprint density at radius 1 is 1.00 bits per heavy atom. The Balaban J connectivity index is 1.56. The summed E-state index contributed by atoms with van der Waals surface area (Å²) in [4.78, 5) is 12.6. The standard InChI is InChI=1S/C29H31N5O2S/c1-19-10-16-23(17-11-19)34-27(21-12-14-22(15-13-21)29(3,4)5)32-33-28(34)37-18-26(36)31-30-20(2)24-8-6-7-9-25(24)35/h6-17,35H,18H2,1-5H3,(H,31,36). The molecular weight excluding hydrogens is 482 g/mol. The molecular formula is C29H31N5O2S. The lowest BCUT2D eigenvalue weighted by molar-refractivity contribution is -0.118. The first-order chi connectivity index (χ1) is 17.6. The molecule has 1 amide bonds. The van der Waals surface area contributed by atoms with Crippen molar-refractivity contribution in [2.24, 2.45) is 5.10 Å². The Kier molecular flexibility index (Phi) is 7.78. The number of phenolic OH excluding ortho intramolecular Hbond substituents is 1. The van der Waals surface area contributed by atoms with Gasteiger partial charge in [0.2, 0.25) is 0 Å². The van der Waals surface area contributed by atoms with Crippen LogP contribution in [0.5, 0.6) is 5.75 Å². The van der Waals surface area contributed by atoms with Gasteiger partial charge >= 0.3 is 0 Å². The maximum absolute atomic E-state index is 12.6. The van der Waals surface area contributed by atoms with Crippen molar-refractivity contribution in [3.05, 3.63) is 89.5 Å². The first-order valence-corrected chi connectivity index (χ1v) is 13.0. The van der Waals surface area contributed by atoms with Crippen molar-refractivity contribution in [3.8, 4) is 22.8 Å². The number of benzene rings is 3. The first-order valence-electron chi connectivity index (χ1n) is 12.0. The lowest BCUT2D eigenvalue weighted by Gasteiger charge is -2.19. The van der Waals surface area contributed by atoms with Crippen LogP contribution in [0.2, 0.25) is 0 Å². The van der Waals surface area contributed by atoms with Crippen molar-refractivity contribution in [3.63, 3.8) is 0 Å². The number of hydrazone groups is 1. The summed E-state index contributed by atoms with van der Waals surface area (Å²) in [7, 11) is 0. The van der Waals surface area contributed by atoms with Crippen LogP contribution in [0, 0.1) is 6.92 Å². The molecule has 0 unspecified atom stereocenters. The Bertz CT molecular complexity index is 1420. The smallest absolute Gasteiger partial charge is 0.250 e. The number of aromatic hydroxyl groups is 1. The molecule has 0 saturated heterocycles. The molecule has 4 rings (SSSR count). The van der Waals surface area contributed by atoms with E-state index in [-0.39, 0.29) is 22.8 Å². The molecule has 2 N–H and O–H groups in total. The fourth-order valence-electron chi connectivity index (χ4n) is 3.74. The lowest BCUT2D eigenvalue weighted by atomic mass is 9.87. The van der Waals surface area contributed by atoms with Gasteiger partial charge in [0.1, 0.15) is 5.75 Å². The third-order valence-corrected chi connectivity index (χ3v) is 6.84. The van der Waals surface area contributed by atoms with Crippen LogP contribution in [0.1, 0.15) is 44.4 Å². The third kappa shape index (κ3) is 6.27. The summed E-state index contributed by atoms with van der Waals surface area (Å²) < 4.78 is 1.97. The Hall–Kier alpha value is -3.91. The summed E-state index contributed by atoms with van der Waals surface area (Å²) in [5, 5.41) is 23.6. The van der Waals surface area contributed by atoms with E-state index in [4.69, 9.17) is 0 Å². The van der Waals surface area contributed by atoms with Crippen molar-refractivity contribution in [1.82, 2.24) is 20.2 Å². The molecule has 0 bridgehead atoms. The van der Waals surface area contributed by atoms with Crippen molar-refractivity contribution in [1.29, 1.82) is 0 Å². The van der Waals surface area contributed by atoms with Gasteiger partial charge in [0.15, 0.2) is 11.0 Å². The number of hydrogen-bond donors (Lipinski definition) is 2. The summed E-state index contributed by atoms with van der Waals surface area (Å²) in [6.45, 7) is 10.3. The molecule has 0 spiro atoms. The van der Waals surface area contributed by atoms with E-state index in [1.807, 2.05) is 35.8 Å². The normalized spacial score (nSPS) is 12.0. The maximum atomic E-state index is 12.6. The van der Waals surface area contributed by atoms with Crippen LogP contribution in [0.3, 0.4) is 0 Å². The fourth-order valence-corrected chi connectivity index (χ4v) is 4.49. The van der Waals surface area contributed by atoms with Crippen LogP contribution >= 0.6 is 11.8 Å². The summed E-state index contributed by atoms with van der Waals surface area (Å²) in [5.74, 6) is 0.640. The van der Waals surface area contributed by atoms with Gasteiger partial charge in [-0.3, -0.25) is 9.36 Å². The lowest BCUT2D eigenvalue weighted by Crippen LogP contribution is -2.21. The van der Waals surface area contributed by atoms with Crippen LogP contribution in [-0.4, -0.2) is 37.2 Å². The van der Waals surface area contributed by atoms with Crippen molar-refractivity contribution in [2.75, 3.05) is 5.75 Å². The average molecular weight is 514 g/mol. The van der Waals surface area contributed by atoms with Crippen LogP contribution in [0.4, 0.5) is 0 Å². The number of carbonyl (C=O) groups is 1. The number of hydrogen-bond acceptors (Lipinski definition) is 6. The Morgan fingerprint density at radius 2 is 1.68 bits per heavy atom. The van der Waals surface area contributed by atoms with Gasteiger partial charge < -0.3 is 5.11 Å². The van der Waals surface area contributed by atoms with Gasteiger partial charge in [0.25, 0.3) is 5.91 Å². The second-order valence-corrected chi connectivity index (χ2v) is 10.8. The van der Waals surface area contributed by atoms with Gasteiger partial charge in [-0.2, -0.15) is 5.10 Å². The van der Waals surface area contributed by atoms with Crippen LogP contribution < -0.4 is 5.43 Å². The molecule has 7 nitrogen and oxygen atoms in total. The van der Waals surface area contributed by atoms with Gasteiger partial charge in [-0.15, -0.1) is 10.2 Å². The average Bonchev–Trinajstić information content (AvgIpc) is 3.30. The molecule has 0 radical (unpaired) electrons. The zero-order valence-corrected chi connectivity index (χ0v) is 22.5. The number of thioether (sulfide) groups is 1. The van der Waals surface area contributed by atoms with Gasteiger partial charge in [-0.1, -0.05) is 86.6 Å². The van der Waals surface area contributed by atoms with Gasteiger partial charge in [0, 0.05) is 16.8 Å². The summed E-state index contributed by atoms with van der Waals surface area (Å²) in [6, 6.07) is 23.4. The second-order valence-electron chi connectivity index (χ2n) is 9.84. The highest BCUT2D eigenvalue weighted by atomic mass is 32.2. The summed E-state index contributed by atoms with van der Waals surface area (Å²) in [5.41, 5.74) is 7.95. The molecule has 8 heteroatoms. The highest BCUT2D eigenvalue weighted by Crippen LogP contribution is 2.30. The molecule has 0 aliphatic heterocycles. The van der Waals surface area contributed by atoms with Gasteiger partial charge in [-0.05, 0) is 49.1 Å². The summed E-state index contributed by atoms with van der Waals surface area (Å²) >= 11 is 1.29. The topological polar surface area (TPSA) is 92.4 Å². The number of carbonyl (C=O) groups excluding carboxylic acids is 1. The number of amides is 1. The minimum absolute atomic E-state index is 0.0532. The largest absolute Gasteiger partial charge is 0.507 e. The molecule has 0 saturated carbocycles. The molecule has 0 aliphatic carbocycles. The molecule has 190 valence electrons. The van der Waals surface area contributed by atoms with E-state index >= 15 is 0 Å². The number of phenols is 1. The number of nitrogens with one attached hydrogen (secondary N) is 1. The maximum Gasteiger partial charge on any atom is 0.250 e. The number of aromatic nitrogens is 3. The van der Waals surface area contributed by atoms with E-state index in [0.717, 1.165) is 16.8 Å². The fraction of sp³-hybridized carbons (Fsp3) is 0.241. The molecule has 1 heterocycles. The van der Waals surface area contributed by atoms with E-state index < -0.39 is 0 Å². The van der Waals surface area contributed by atoms with Crippen LogP contribution in [0.25, 0.3) is 17.1 Å². The SMILES string of the molecule is CC(=NNC(=O)CSc1nnc(-c2ccc(C(C)(C)C)cc2)n1-c1ccc(C)cc1)c1ccccc1O. The van der Waals surface area contributed by atoms with Crippen molar-refractivity contribution < 1.29 is 9.90 Å². The monoisotopic (exact) mass is 513 g/mol. The molecule has 1 aromatic heterocycles. The van der Waals surface area contributed by atoms with Gasteiger partial charge in [-0.25, -0.2) is 5.43 Å². The Labute approximate surface area is 221 Å². The van der Waals surface area contributed by atoms with E-state index in [9.17, 15) is 9.90 Å². The van der Waals surface area contributed by atoms with Crippen molar-refractivity contribution in [2.45, 2.75) is 45.2 Å². The highest BCUT2D eigenvalue weighted by molar-refractivity contribution is 7.99. The number of para-hydroxylation sites is 1. The minimum atomic E-state index is -0.283.